The van der Waals surface area contributed by atoms with Gasteiger partial charge in [0.2, 0.25) is 0 Å². The van der Waals surface area contributed by atoms with Crippen molar-refractivity contribution < 1.29 is 14.6 Å². The van der Waals surface area contributed by atoms with Gasteiger partial charge in [0.15, 0.2) is 0 Å². The van der Waals surface area contributed by atoms with E-state index in [9.17, 15) is 4.79 Å². The van der Waals surface area contributed by atoms with Crippen molar-refractivity contribution in [2.24, 2.45) is 7.05 Å². The Bertz CT molecular complexity index is 476. The predicted octanol–water partition coefficient (Wildman–Crippen LogP) is 0.650. The third-order valence-electron chi connectivity index (χ3n) is 3.90. The molecule has 20 heavy (non-hydrogen) atoms. The highest BCUT2D eigenvalue weighted by Crippen LogP contribution is 2.19. The Morgan fingerprint density at radius 1 is 1.40 bits per heavy atom. The number of likely N-dealkylation sites (tertiary alicyclic amines) is 1. The van der Waals surface area contributed by atoms with Crippen LogP contribution in [-0.2, 0) is 11.8 Å². The number of aliphatic hydroxyl groups is 1. The number of ether oxygens (including phenoxy) is 1. The van der Waals surface area contributed by atoms with Crippen LogP contribution in [0, 0.1) is 13.8 Å². The smallest absolute Gasteiger partial charge is 0.257 e. The second-order valence-corrected chi connectivity index (χ2v) is 5.26. The molecule has 1 saturated heterocycles. The summed E-state index contributed by atoms with van der Waals surface area (Å²) in [7, 11) is 1.86. The lowest BCUT2D eigenvalue weighted by Gasteiger charge is -2.32. The van der Waals surface area contributed by atoms with E-state index in [-0.39, 0.29) is 18.6 Å². The van der Waals surface area contributed by atoms with Crippen LogP contribution in [0.3, 0.4) is 0 Å². The summed E-state index contributed by atoms with van der Waals surface area (Å²) in [5.41, 5.74) is 2.42. The minimum atomic E-state index is 0.0488. The first-order valence-electron chi connectivity index (χ1n) is 7.06. The largest absolute Gasteiger partial charge is 0.394 e. The Labute approximate surface area is 119 Å². The lowest BCUT2D eigenvalue weighted by Crippen LogP contribution is -2.41. The monoisotopic (exact) mass is 281 g/mol. The molecule has 0 bridgehead atoms. The van der Waals surface area contributed by atoms with Crippen LogP contribution in [0.2, 0.25) is 0 Å². The van der Waals surface area contributed by atoms with Crippen LogP contribution in [-0.4, -0.2) is 58.1 Å². The minimum absolute atomic E-state index is 0.0488. The van der Waals surface area contributed by atoms with E-state index in [1.54, 1.807) is 4.68 Å². The number of aryl methyl sites for hydroxylation is 2. The van der Waals surface area contributed by atoms with Crippen molar-refractivity contribution >= 4 is 5.91 Å². The van der Waals surface area contributed by atoms with E-state index in [4.69, 9.17) is 9.84 Å². The highest BCUT2D eigenvalue weighted by atomic mass is 16.5. The SMILES string of the molecule is Cc1nn(C)c(C)c1C(=O)N1CCC(OCCO)CC1. The molecule has 112 valence electrons. The lowest BCUT2D eigenvalue weighted by molar-refractivity contribution is -0.00556. The molecule has 1 aromatic rings. The van der Waals surface area contributed by atoms with Gasteiger partial charge in [0, 0.05) is 25.8 Å². The molecule has 1 N–H and O–H groups in total. The van der Waals surface area contributed by atoms with E-state index in [0.29, 0.717) is 19.7 Å². The number of aromatic nitrogens is 2. The van der Waals surface area contributed by atoms with E-state index in [1.807, 2.05) is 25.8 Å². The molecule has 2 heterocycles. The maximum absolute atomic E-state index is 12.6. The third-order valence-corrected chi connectivity index (χ3v) is 3.90. The van der Waals surface area contributed by atoms with Crippen molar-refractivity contribution in [3.05, 3.63) is 17.0 Å². The second kappa shape index (κ2) is 6.37. The molecule has 1 fully saturated rings. The first-order valence-corrected chi connectivity index (χ1v) is 7.06. The van der Waals surface area contributed by atoms with Crippen molar-refractivity contribution in [2.75, 3.05) is 26.3 Å². The molecule has 0 unspecified atom stereocenters. The topological polar surface area (TPSA) is 67.6 Å². The molecule has 0 radical (unpaired) electrons. The molecule has 1 amide bonds. The Morgan fingerprint density at radius 2 is 2.05 bits per heavy atom. The van der Waals surface area contributed by atoms with Gasteiger partial charge in [-0.3, -0.25) is 9.48 Å². The highest BCUT2D eigenvalue weighted by Gasteiger charge is 2.27. The van der Waals surface area contributed by atoms with Crippen molar-refractivity contribution in [3.8, 4) is 0 Å². The normalized spacial score (nSPS) is 16.7. The summed E-state index contributed by atoms with van der Waals surface area (Å²) in [4.78, 5) is 14.4. The molecule has 1 aliphatic heterocycles. The quantitative estimate of drug-likeness (QED) is 0.880. The van der Waals surface area contributed by atoms with Gasteiger partial charge >= 0.3 is 0 Å². The molecule has 0 spiro atoms. The van der Waals surface area contributed by atoms with Crippen LogP contribution in [0.4, 0.5) is 0 Å². The number of carbonyl (C=O) groups excluding carboxylic acids is 1. The highest BCUT2D eigenvalue weighted by molar-refractivity contribution is 5.96. The standard InChI is InChI=1S/C14H23N3O3/c1-10-13(11(2)16(3)15-10)14(19)17-6-4-12(5-7-17)20-9-8-18/h12,18H,4-9H2,1-3H3. The van der Waals surface area contributed by atoms with E-state index in [1.165, 1.54) is 0 Å². The van der Waals surface area contributed by atoms with Crippen LogP contribution in [0.25, 0.3) is 0 Å². The summed E-state index contributed by atoms with van der Waals surface area (Å²) in [6, 6.07) is 0. The number of rotatable bonds is 4. The average Bonchev–Trinajstić information content (AvgIpc) is 2.70. The van der Waals surface area contributed by atoms with Gasteiger partial charge < -0.3 is 14.7 Å². The molecule has 0 aliphatic carbocycles. The number of nitrogens with zero attached hydrogens (tertiary/aromatic N) is 3. The zero-order chi connectivity index (χ0) is 14.7. The van der Waals surface area contributed by atoms with Gasteiger partial charge in [-0.15, -0.1) is 0 Å². The molecule has 6 heteroatoms. The summed E-state index contributed by atoms with van der Waals surface area (Å²) < 4.78 is 7.26. The van der Waals surface area contributed by atoms with Gasteiger partial charge in [-0.05, 0) is 26.7 Å². The molecule has 1 aliphatic rings. The molecule has 0 aromatic carbocycles. The minimum Gasteiger partial charge on any atom is -0.394 e. The Morgan fingerprint density at radius 3 is 2.55 bits per heavy atom. The molecule has 0 saturated carbocycles. The van der Waals surface area contributed by atoms with Gasteiger partial charge in [0.25, 0.3) is 5.91 Å². The molecule has 2 rings (SSSR count). The Hall–Kier alpha value is -1.40. The Balaban J connectivity index is 1.98. The molecule has 0 atom stereocenters. The van der Waals surface area contributed by atoms with Gasteiger partial charge in [0.1, 0.15) is 0 Å². The lowest BCUT2D eigenvalue weighted by atomic mass is 10.1. The van der Waals surface area contributed by atoms with Crippen molar-refractivity contribution in [3.63, 3.8) is 0 Å². The summed E-state index contributed by atoms with van der Waals surface area (Å²) in [5, 5.41) is 13.0. The van der Waals surface area contributed by atoms with Gasteiger partial charge in [-0.1, -0.05) is 0 Å². The zero-order valence-electron chi connectivity index (χ0n) is 12.4. The summed E-state index contributed by atoms with van der Waals surface area (Å²) >= 11 is 0. The molecular formula is C14H23N3O3. The van der Waals surface area contributed by atoms with Crippen molar-refractivity contribution in [2.45, 2.75) is 32.8 Å². The van der Waals surface area contributed by atoms with E-state index >= 15 is 0 Å². The Kier molecular flexibility index (Phi) is 4.77. The van der Waals surface area contributed by atoms with Crippen LogP contribution >= 0.6 is 0 Å². The van der Waals surface area contributed by atoms with Crippen molar-refractivity contribution in [1.82, 2.24) is 14.7 Å². The molecule has 6 nitrogen and oxygen atoms in total. The van der Waals surface area contributed by atoms with Crippen molar-refractivity contribution in [1.29, 1.82) is 0 Å². The molecule has 1 aromatic heterocycles. The number of amides is 1. The van der Waals surface area contributed by atoms with Gasteiger partial charge in [-0.25, -0.2) is 0 Å². The van der Waals surface area contributed by atoms with E-state index in [2.05, 4.69) is 5.10 Å². The summed E-state index contributed by atoms with van der Waals surface area (Å²) in [6.45, 7) is 5.61. The summed E-state index contributed by atoms with van der Waals surface area (Å²) in [6.07, 6.45) is 1.80. The fraction of sp³-hybridized carbons (Fsp3) is 0.714. The predicted molar refractivity (Wildman–Crippen MR) is 74.6 cm³/mol. The van der Waals surface area contributed by atoms with Gasteiger partial charge in [-0.2, -0.15) is 5.10 Å². The molecular weight excluding hydrogens is 258 g/mol. The van der Waals surface area contributed by atoms with E-state index in [0.717, 1.165) is 29.8 Å². The number of aliphatic hydroxyl groups excluding tert-OH is 1. The van der Waals surface area contributed by atoms with Crippen LogP contribution in [0.15, 0.2) is 0 Å². The third kappa shape index (κ3) is 3.02. The van der Waals surface area contributed by atoms with Gasteiger partial charge in [0.05, 0.1) is 30.6 Å². The number of piperidine rings is 1. The number of carbonyl (C=O) groups is 1. The fourth-order valence-electron chi connectivity index (χ4n) is 2.69. The fourth-order valence-corrected chi connectivity index (χ4v) is 2.69. The maximum Gasteiger partial charge on any atom is 0.257 e. The average molecular weight is 281 g/mol. The number of hydrogen-bond acceptors (Lipinski definition) is 4. The van der Waals surface area contributed by atoms with Crippen LogP contribution < -0.4 is 0 Å². The zero-order valence-corrected chi connectivity index (χ0v) is 12.4. The maximum atomic E-state index is 12.6. The van der Waals surface area contributed by atoms with E-state index < -0.39 is 0 Å². The second-order valence-electron chi connectivity index (χ2n) is 5.26. The van der Waals surface area contributed by atoms with Crippen LogP contribution in [0.5, 0.6) is 0 Å². The first kappa shape index (κ1) is 15.0. The number of hydrogen-bond donors (Lipinski definition) is 1. The summed E-state index contributed by atoms with van der Waals surface area (Å²) in [5.74, 6) is 0.0636. The first-order chi connectivity index (χ1) is 9.54. The van der Waals surface area contributed by atoms with Crippen LogP contribution in [0.1, 0.15) is 34.6 Å².